The molecule has 1 aromatic rings. The van der Waals surface area contributed by atoms with E-state index in [4.69, 9.17) is 11.6 Å². The second-order valence-corrected chi connectivity index (χ2v) is 3.78. The van der Waals surface area contributed by atoms with E-state index in [9.17, 15) is 4.79 Å². The Morgan fingerprint density at radius 1 is 1.71 bits per heavy atom. The molecule has 0 aliphatic carbocycles. The van der Waals surface area contributed by atoms with Crippen LogP contribution < -0.4 is 5.32 Å². The number of nitrogens with zero attached hydrogens (tertiary/aromatic N) is 2. The highest BCUT2D eigenvalue weighted by Gasteiger charge is 2.19. The van der Waals surface area contributed by atoms with Crippen molar-refractivity contribution < 1.29 is 4.79 Å². The summed E-state index contributed by atoms with van der Waals surface area (Å²) in [5.41, 5.74) is 0.559. The maximum atomic E-state index is 10.7. The van der Waals surface area contributed by atoms with Gasteiger partial charge in [-0.3, -0.25) is 4.79 Å². The first-order valence-electron chi connectivity index (χ1n) is 4.71. The molecule has 76 valence electrons. The molecule has 0 unspecified atom stereocenters. The third kappa shape index (κ3) is 1.67. The van der Waals surface area contributed by atoms with Crippen molar-refractivity contribution in [1.29, 1.82) is 0 Å². The molecule has 1 aromatic heterocycles. The van der Waals surface area contributed by atoms with Gasteiger partial charge in [-0.1, -0.05) is 0 Å². The van der Waals surface area contributed by atoms with E-state index < -0.39 is 0 Å². The SMILES string of the molecule is O=Cc1cnc(Cl)n1[C@H]1CCCNC1. The number of aldehydes is 1. The first-order chi connectivity index (χ1) is 6.83. The molecule has 0 radical (unpaired) electrons. The lowest BCUT2D eigenvalue weighted by Gasteiger charge is -2.25. The van der Waals surface area contributed by atoms with Crippen LogP contribution in [-0.4, -0.2) is 28.9 Å². The minimum absolute atomic E-state index is 0.263. The minimum Gasteiger partial charge on any atom is -0.315 e. The van der Waals surface area contributed by atoms with Gasteiger partial charge in [-0.25, -0.2) is 4.98 Å². The summed E-state index contributed by atoms with van der Waals surface area (Å²) >= 11 is 5.92. The van der Waals surface area contributed by atoms with Crippen molar-refractivity contribution in [2.24, 2.45) is 0 Å². The lowest BCUT2D eigenvalue weighted by atomic mass is 10.1. The lowest BCUT2D eigenvalue weighted by molar-refractivity contribution is 0.111. The van der Waals surface area contributed by atoms with E-state index >= 15 is 0 Å². The zero-order valence-corrected chi connectivity index (χ0v) is 8.50. The molecular weight excluding hydrogens is 202 g/mol. The summed E-state index contributed by atoms with van der Waals surface area (Å²) in [4.78, 5) is 14.7. The fourth-order valence-electron chi connectivity index (χ4n) is 1.85. The van der Waals surface area contributed by atoms with Crippen LogP contribution in [0.5, 0.6) is 0 Å². The second-order valence-electron chi connectivity index (χ2n) is 3.44. The molecule has 2 rings (SSSR count). The predicted octanol–water partition coefficient (Wildman–Crippen LogP) is 1.27. The van der Waals surface area contributed by atoms with Gasteiger partial charge in [-0.15, -0.1) is 0 Å². The molecule has 14 heavy (non-hydrogen) atoms. The number of nitrogens with one attached hydrogen (secondary N) is 1. The highest BCUT2D eigenvalue weighted by molar-refractivity contribution is 6.28. The molecule has 1 aliphatic rings. The largest absolute Gasteiger partial charge is 0.315 e. The Bertz CT molecular complexity index is 331. The molecule has 1 atom stereocenters. The number of carbonyl (C=O) groups excluding carboxylic acids is 1. The van der Waals surface area contributed by atoms with Crippen molar-refractivity contribution in [3.05, 3.63) is 17.2 Å². The number of halogens is 1. The molecule has 1 aliphatic heterocycles. The maximum absolute atomic E-state index is 10.7. The van der Waals surface area contributed by atoms with Crippen LogP contribution in [-0.2, 0) is 0 Å². The Hall–Kier alpha value is -0.870. The first-order valence-corrected chi connectivity index (χ1v) is 5.09. The molecule has 4 nitrogen and oxygen atoms in total. The molecule has 0 spiro atoms. The molecular formula is C9H12ClN3O. The van der Waals surface area contributed by atoms with E-state index in [1.54, 1.807) is 4.57 Å². The quantitative estimate of drug-likeness (QED) is 0.753. The van der Waals surface area contributed by atoms with E-state index in [0.29, 0.717) is 11.0 Å². The topological polar surface area (TPSA) is 46.9 Å². The molecule has 0 amide bonds. The zero-order valence-electron chi connectivity index (χ0n) is 7.74. The van der Waals surface area contributed by atoms with Gasteiger partial charge in [0.25, 0.3) is 0 Å². The van der Waals surface area contributed by atoms with Gasteiger partial charge >= 0.3 is 0 Å². The standard InChI is InChI=1S/C9H12ClN3O/c10-9-12-5-8(6-14)13(9)7-2-1-3-11-4-7/h5-7,11H,1-4H2/t7-/m0/s1. The van der Waals surface area contributed by atoms with E-state index in [0.717, 1.165) is 32.2 Å². The van der Waals surface area contributed by atoms with Gasteiger partial charge in [0.05, 0.1) is 6.20 Å². The first kappa shape index (κ1) is 9.68. The van der Waals surface area contributed by atoms with E-state index in [1.165, 1.54) is 6.20 Å². The summed E-state index contributed by atoms with van der Waals surface area (Å²) in [6.07, 6.45) is 4.47. The smallest absolute Gasteiger partial charge is 0.203 e. The third-order valence-electron chi connectivity index (χ3n) is 2.54. The number of imidazole rings is 1. The Morgan fingerprint density at radius 2 is 2.57 bits per heavy atom. The number of piperidine rings is 1. The Kier molecular flexibility index (Phi) is 2.84. The van der Waals surface area contributed by atoms with E-state index in [1.807, 2.05) is 0 Å². The molecule has 5 heteroatoms. The summed E-state index contributed by atoms with van der Waals surface area (Å²) in [6, 6.07) is 0.263. The summed E-state index contributed by atoms with van der Waals surface area (Å²) in [7, 11) is 0. The van der Waals surface area contributed by atoms with Gasteiger partial charge in [-0.2, -0.15) is 0 Å². The van der Waals surface area contributed by atoms with Crippen LogP contribution in [0.3, 0.4) is 0 Å². The average Bonchev–Trinajstić information content (AvgIpc) is 2.61. The van der Waals surface area contributed by atoms with Crippen LogP contribution >= 0.6 is 11.6 Å². The van der Waals surface area contributed by atoms with Gasteiger partial charge in [0.1, 0.15) is 5.69 Å². The highest BCUT2D eigenvalue weighted by atomic mass is 35.5. The van der Waals surface area contributed by atoms with E-state index in [2.05, 4.69) is 10.3 Å². The van der Waals surface area contributed by atoms with Crippen LogP contribution in [0, 0.1) is 0 Å². The summed E-state index contributed by atoms with van der Waals surface area (Å²) in [6.45, 7) is 1.90. The van der Waals surface area contributed by atoms with Crippen molar-refractivity contribution >= 4 is 17.9 Å². The minimum atomic E-state index is 0.263. The van der Waals surface area contributed by atoms with Crippen LogP contribution in [0.25, 0.3) is 0 Å². The molecule has 0 aromatic carbocycles. The number of rotatable bonds is 2. The predicted molar refractivity (Wildman–Crippen MR) is 53.8 cm³/mol. The zero-order chi connectivity index (χ0) is 9.97. The average molecular weight is 214 g/mol. The monoisotopic (exact) mass is 213 g/mol. The normalized spacial score (nSPS) is 22.2. The van der Waals surface area contributed by atoms with Gasteiger partial charge in [0.15, 0.2) is 6.29 Å². The van der Waals surface area contributed by atoms with Crippen LogP contribution in [0.15, 0.2) is 6.20 Å². The summed E-state index contributed by atoms with van der Waals surface area (Å²) < 4.78 is 1.81. The molecule has 1 fully saturated rings. The van der Waals surface area contributed by atoms with E-state index in [-0.39, 0.29) is 6.04 Å². The molecule has 1 N–H and O–H groups in total. The molecule has 0 saturated carbocycles. The van der Waals surface area contributed by atoms with Crippen LogP contribution in [0.1, 0.15) is 29.4 Å². The Labute approximate surface area is 87.3 Å². The Balaban J connectivity index is 2.28. The summed E-state index contributed by atoms with van der Waals surface area (Å²) in [5, 5.41) is 3.68. The lowest BCUT2D eigenvalue weighted by Crippen LogP contribution is -2.32. The number of aromatic nitrogens is 2. The fourth-order valence-corrected chi connectivity index (χ4v) is 2.14. The van der Waals surface area contributed by atoms with Gasteiger partial charge in [0, 0.05) is 12.6 Å². The number of hydrogen-bond acceptors (Lipinski definition) is 3. The number of hydrogen-bond donors (Lipinski definition) is 1. The van der Waals surface area contributed by atoms with Crippen molar-refractivity contribution in [3.8, 4) is 0 Å². The fraction of sp³-hybridized carbons (Fsp3) is 0.556. The van der Waals surface area contributed by atoms with Gasteiger partial charge < -0.3 is 9.88 Å². The van der Waals surface area contributed by atoms with Crippen molar-refractivity contribution in [2.45, 2.75) is 18.9 Å². The van der Waals surface area contributed by atoms with Gasteiger partial charge in [-0.05, 0) is 31.0 Å². The second kappa shape index (κ2) is 4.11. The molecule has 0 bridgehead atoms. The van der Waals surface area contributed by atoms with Crippen LogP contribution in [0.2, 0.25) is 5.28 Å². The molecule has 1 saturated heterocycles. The third-order valence-corrected chi connectivity index (χ3v) is 2.82. The van der Waals surface area contributed by atoms with Crippen molar-refractivity contribution in [2.75, 3.05) is 13.1 Å². The van der Waals surface area contributed by atoms with Crippen molar-refractivity contribution in [3.63, 3.8) is 0 Å². The van der Waals surface area contributed by atoms with Crippen LogP contribution in [0.4, 0.5) is 0 Å². The summed E-state index contributed by atoms with van der Waals surface area (Å²) in [5.74, 6) is 0. The Morgan fingerprint density at radius 3 is 3.21 bits per heavy atom. The molecule has 2 heterocycles. The maximum Gasteiger partial charge on any atom is 0.203 e. The highest BCUT2D eigenvalue weighted by Crippen LogP contribution is 2.22. The van der Waals surface area contributed by atoms with Crippen molar-refractivity contribution in [1.82, 2.24) is 14.9 Å². The van der Waals surface area contributed by atoms with Gasteiger partial charge in [0.2, 0.25) is 5.28 Å². The number of carbonyl (C=O) groups is 1.